The van der Waals surface area contributed by atoms with Gasteiger partial charge in [-0.1, -0.05) is 25.1 Å². The van der Waals surface area contributed by atoms with Gasteiger partial charge in [-0.2, -0.15) is 0 Å². The van der Waals surface area contributed by atoms with Gasteiger partial charge in [0.15, 0.2) is 0 Å². The monoisotopic (exact) mass is 234 g/mol. The number of para-hydroxylation sites is 1. The van der Waals surface area contributed by atoms with Crippen molar-refractivity contribution in [2.75, 3.05) is 38.2 Å². The normalized spacial score (nSPS) is 21.4. The van der Waals surface area contributed by atoms with Crippen molar-refractivity contribution in [1.29, 1.82) is 0 Å². The van der Waals surface area contributed by atoms with Gasteiger partial charge < -0.3 is 10.1 Å². The first-order valence-corrected chi connectivity index (χ1v) is 6.51. The molecular formula is C14H22N2O. The number of hydrogen-bond acceptors (Lipinski definition) is 3. The Bertz CT molecular complexity index is 315. The van der Waals surface area contributed by atoms with Gasteiger partial charge in [-0.05, 0) is 18.6 Å². The number of nitrogens with one attached hydrogen (secondary N) is 1. The molecular weight excluding hydrogens is 212 g/mol. The van der Waals surface area contributed by atoms with Crippen LogP contribution in [0.25, 0.3) is 0 Å². The highest BCUT2D eigenvalue weighted by molar-refractivity contribution is 5.42. The van der Waals surface area contributed by atoms with Crippen LogP contribution < -0.4 is 5.32 Å². The maximum atomic E-state index is 5.51. The molecule has 94 valence electrons. The predicted molar refractivity (Wildman–Crippen MR) is 71.4 cm³/mol. The SMILES string of the molecule is CCC1COCCN1CCNc1ccccc1. The van der Waals surface area contributed by atoms with E-state index in [2.05, 4.69) is 41.4 Å². The number of benzene rings is 1. The zero-order valence-electron chi connectivity index (χ0n) is 10.6. The minimum absolute atomic E-state index is 0.598. The van der Waals surface area contributed by atoms with Crippen LogP contribution in [0.15, 0.2) is 30.3 Å². The van der Waals surface area contributed by atoms with E-state index in [0.717, 1.165) is 32.8 Å². The van der Waals surface area contributed by atoms with Crippen molar-refractivity contribution in [2.45, 2.75) is 19.4 Å². The first-order valence-electron chi connectivity index (χ1n) is 6.51. The summed E-state index contributed by atoms with van der Waals surface area (Å²) in [5, 5.41) is 3.45. The van der Waals surface area contributed by atoms with E-state index in [1.165, 1.54) is 12.1 Å². The molecule has 1 fully saturated rings. The summed E-state index contributed by atoms with van der Waals surface area (Å²) in [6.07, 6.45) is 1.17. The first kappa shape index (κ1) is 12.4. The Morgan fingerprint density at radius 2 is 2.18 bits per heavy atom. The van der Waals surface area contributed by atoms with Crippen molar-refractivity contribution in [3.05, 3.63) is 30.3 Å². The molecule has 3 heteroatoms. The molecule has 1 saturated heterocycles. The summed E-state index contributed by atoms with van der Waals surface area (Å²) >= 11 is 0. The zero-order valence-corrected chi connectivity index (χ0v) is 10.6. The van der Waals surface area contributed by atoms with Crippen LogP contribution in [-0.2, 0) is 4.74 Å². The molecule has 17 heavy (non-hydrogen) atoms. The van der Waals surface area contributed by atoms with Gasteiger partial charge in [-0.3, -0.25) is 4.90 Å². The third kappa shape index (κ3) is 3.72. The van der Waals surface area contributed by atoms with Gasteiger partial charge in [0.1, 0.15) is 0 Å². The van der Waals surface area contributed by atoms with Crippen LogP contribution in [0, 0.1) is 0 Å². The highest BCUT2D eigenvalue weighted by Crippen LogP contribution is 2.10. The minimum atomic E-state index is 0.598. The van der Waals surface area contributed by atoms with Crippen LogP contribution in [0.4, 0.5) is 5.69 Å². The van der Waals surface area contributed by atoms with Crippen LogP contribution in [-0.4, -0.2) is 43.8 Å². The number of hydrogen-bond donors (Lipinski definition) is 1. The van der Waals surface area contributed by atoms with Gasteiger partial charge in [-0.25, -0.2) is 0 Å². The summed E-state index contributed by atoms with van der Waals surface area (Å²) in [5.74, 6) is 0. The highest BCUT2D eigenvalue weighted by Gasteiger charge is 2.20. The smallest absolute Gasteiger partial charge is 0.0622 e. The Labute approximate surface area is 104 Å². The maximum absolute atomic E-state index is 5.51. The Morgan fingerprint density at radius 3 is 2.94 bits per heavy atom. The molecule has 1 aliphatic heterocycles. The number of morpholine rings is 1. The van der Waals surface area contributed by atoms with Crippen molar-refractivity contribution in [3.8, 4) is 0 Å². The Morgan fingerprint density at radius 1 is 1.35 bits per heavy atom. The van der Waals surface area contributed by atoms with Crippen molar-refractivity contribution >= 4 is 5.69 Å². The highest BCUT2D eigenvalue weighted by atomic mass is 16.5. The van der Waals surface area contributed by atoms with E-state index in [9.17, 15) is 0 Å². The Kier molecular flexibility index (Phi) is 4.83. The molecule has 1 aliphatic rings. The second-order valence-electron chi connectivity index (χ2n) is 4.47. The molecule has 1 aromatic carbocycles. The molecule has 3 nitrogen and oxygen atoms in total. The average Bonchev–Trinajstić information content (AvgIpc) is 2.40. The van der Waals surface area contributed by atoms with Gasteiger partial charge >= 0.3 is 0 Å². The summed E-state index contributed by atoms with van der Waals surface area (Å²) in [7, 11) is 0. The summed E-state index contributed by atoms with van der Waals surface area (Å²) in [5.41, 5.74) is 1.20. The number of nitrogens with zero attached hydrogens (tertiary/aromatic N) is 1. The van der Waals surface area contributed by atoms with E-state index in [0.29, 0.717) is 6.04 Å². The van der Waals surface area contributed by atoms with E-state index in [4.69, 9.17) is 4.74 Å². The van der Waals surface area contributed by atoms with Gasteiger partial charge in [0.05, 0.1) is 13.2 Å². The number of rotatable bonds is 5. The predicted octanol–water partition coefficient (Wildman–Crippen LogP) is 2.21. The third-order valence-corrected chi connectivity index (χ3v) is 3.32. The largest absolute Gasteiger partial charge is 0.384 e. The lowest BCUT2D eigenvalue weighted by atomic mass is 10.2. The first-order chi connectivity index (χ1) is 8.40. The summed E-state index contributed by atoms with van der Waals surface area (Å²) < 4.78 is 5.51. The van der Waals surface area contributed by atoms with Crippen LogP contribution in [0.3, 0.4) is 0 Å². The Balaban J connectivity index is 1.74. The molecule has 0 radical (unpaired) electrons. The van der Waals surface area contributed by atoms with E-state index in [-0.39, 0.29) is 0 Å². The third-order valence-electron chi connectivity index (χ3n) is 3.32. The lowest BCUT2D eigenvalue weighted by molar-refractivity contribution is -0.00648. The van der Waals surface area contributed by atoms with Crippen LogP contribution in [0.2, 0.25) is 0 Å². The second kappa shape index (κ2) is 6.62. The van der Waals surface area contributed by atoms with Crippen molar-refractivity contribution in [1.82, 2.24) is 4.90 Å². The molecule has 1 atom stereocenters. The molecule has 0 aliphatic carbocycles. The molecule has 0 aromatic heterocycles. The molecule has 1 aromatic rings. The fraction of sp³-hybridized carbons (Fsp3) is 0.571. The number of anilines is 1. The van der Waals surface area contributed by atoms with Crippen molar-refractivity contribution in [2.24, 2.45) is 0 Å². The molecule has 1 heterocycles. The van der Waals surface area contributed by atoms with E-state index in [1.54, 1.807) is 0 Å². The topological polar surface area (TPSA) is 24.5 Å². The second-order valence-corrected chi connectivity index (χ2v) is 4.47. The summed E-state index contributed by atoms with van der Waals surface area (Å²) in [6, 6.07) is 11.0. The van der Waals surface area contributed by atoms with Crippen LogP contribution in [0.5, 0.6) is 0 Å². The average molecular weight is 234 g/mol. The van der Waals surface area contributed by atoms with Crippen molar-refractivity contribution in [3.63, 3.8) is 0 Å². The van der Waals surface area contributed by atoms with Gasteiger partial charge in [0.2, 0.25) is 0 Å². The maximum Gasteiger partial charge on any atom is 0.0622 e. The fourth-order valence-electron chi connectivity index (χ4n) is 2.26. The number of ether oxygens (including phenoxy) is 1. The summed E-state index contributed by atoms with van der Waals surface area (Å²) in [6.45, 7) is 7.16. The van der Waals surface area contributed by atoms with E-state index < -0.39 is 0 Å². The van der Waals surface area contributed by atoms with Gasteiger partial charge in [0.25, 0.3) is 0 Å². The minimum Gasteiger partial charge on any atom is -0.384 e. The Hall–Kier alpha value is -1.06. The van der Waals surface area contributed by atoms with Gasteiger partial charge in [-0.15, -0.1) is 0 Å². The van der Waals surface area contributed by atoms with Gasteiger partial charge in [0, 0.05) is 31.4 Å². The summed E-state index contributed by atoms with van der Waals surface area (Å²) in [4.78, 5) is 2.53. The molecule has 2 rings (SSSR count). The molecule has 1 unspecified atom stereocenters. The van der Waals surface area contributed by atoms with Crippen LogP contribution in [0.1, 0.15) is 13.3 Å². The molecule has 1 N–H and O–H groups in total. The lowest BCUT2D eigenvalue weighted by Gasteiger charge is -2.35. The zero-order chi connectivity index (χ0) is 11.9. The lowest BCUT2D eigenvalue weighted by Crippen LogP contribution is -2.46. The molecule has 0 spiro atoms. The molecule has 0 bridgehead atoms. The van der Waals surface area contributed by atoms with Crippen molar-refractivity contribution < 1.29 is 4.74 Å². The standard InChI is InChI=1S/C14H22N2O/c1-2-14-12-17-11-10-16(14)9-8-15-13-6-4-3-5-7-13/h3-7,14-15H,2,8-12H2,1H3. The fourth-order valence-corrected chi connectivity index (χ4v) is 2.26. The van der Waals surface area contributed by atoms with E-state index >= 15 is 0 Å². The van der Waals surface area contributed by atoms with Crippen LogP contribution >= 0.6 is 0 Å². The molecule has 0 saturated carbocycles. The van der Waals surface area contributed by atoms with E-state index in [1.807, 2.05) is 6.07 Å². The quantitative estimate of drug-likeness (QED) is 0.845. The molecule has 0 amide bonds.